The molecular weight excluding hydrogens is 406 g/mol. The van der Waals surface area contributed by atoms with E-state index in [4.69, 9.17) is 13.6 Å². The van der Waals surface area contributed by atoms with Gasteiger partial charge in [0.15, 0.2) is 18.4 Å². The van der Waals surface area contributed by atoms with Crippen molar-refractivity contribution >= 4 is 23.8 Å². The summed E-state index contributed by atoms with van der Waals surface area (Å²) in [5.74, 6) is -1.82. The Hall–Kier alpha value is -4.34. The molecule has 0 radical (unpaired) electrons. The number of esters is 1. The molecule has 3 aromatic rings. The fraction of sp³-hybridized carbons (Fsp3) is 0.143. The number of furan rings is 2. The number of hydrogen-bond acceptors (Lipinski definition) is 7. The molecule has 0 saturated heterocycles. The number of imide groups is 1. The summed E-state index contributed by atoms with van der Waals surface area (Å²) in [7, 11) is 0. The first-order valence-electron chi connectivity index (χ1n) is 9.19. The minimum atomic E-state index is -1.18. The van der Waals surface area contributed by atoms with Crippen molar-refractivity contribution in [3.63, 3.8) is 0 Å². The Labute approximate surface area is 176 Å². The topological polar surface area (TPSA) is 140 Å². The Morgan fingerprint density at radius 3 is 2.32 bits per heavy atom. The fourth-order valence-corrected chi connectivity index (χ4v) is 2.54. The lowest BCUT2D eigenvalue weighted by atomic mass is 10.1. The first-order chi connectivity index (χ1) is 15.0. The van der Waals surface area contributed by atoms with Crippen LogP contribution in [0.4, 0.5) is 4.79 Å². The van der Waals surface area contributed by atoms with Gasteiger partial charge in [-0.15, -0.1) is 0 Å². The number of ether oxygens (including phenoxy) is 1. The molecule has 0 spiro atoms. The van der Waals surface area contributed by atoms with Crippen LogP contribution in [0.15, 0.2) is 76.0 Å². The van der Waals surface area contributed by atoms with Gasteiger partial charge < -0.3 is 24.2 Å². The predicted molar refractivity (Wildman–Crippen MR) is 105 cm³/mol. The zero-order chi connectivity index (χ0) is 22.1. The minimum absolute atomic E-state index is 0.0136. The van der Waals surface area contributed by atoms with Crippen LogP contribution in [0, 0.1) is 0 Å². The molecule has 31 heavy (non-hydrogen) atoms. The average Bonchev–Trinajstić information content (AvgIpc) is 3.49. The van der Waals surface area contributed by atoms with Gasteiger partial charge in [-0.05, 0) is 29.8 Å². The van der Waals surface area contributed by atoms with Gasteiger partial charge in [-0.1, -0.05) is 30.3 Å². The van der Waals surface area contributed by atoms with E-state index in [1.165, 1.54) is 24.7 Å². The van der Waals surface area contributed by atoms with Crippen molar-refractivity contribution in [2.45, 2.75) is 12.6 Å². The van der Waals surface area contributed by atoms with Crippen molar-refractivity contribution in [1.82, 2.24) is 16.0 Å². The van der Waals surface area contributed by atoms with Gasteiger partial charge >= 0.3 is 12.0 Å². The lowest BCUT2D eigenvalue weighted by Gasteiger charge is -2.17. The molecule has 1 atom stereocenters. The lowest BCUT2D eigenvalue weighted by molar-refractivity contribution is -0.150. The lowest BCUT2D eigenvalue weighted by Crippen LogP contribution is -2.42. The van der Waals surface area contributed by atoms with E-state index in [-0.39, 0.29) is 12.3 Å². The molecule has 0 bridgehead atoms. The zero-order valence-electron chi connectivity index (χ0n) is 16.2. The zero-order valence-corrected chi connectivity index (χ0v) is 16.2. The molecule has 2 aromatic heterocycles. The van der Waals surface area contributed by atoms with Crippen molar-refractivity contribution in [1.29, 1.82) is 0 Å². The minimum Gasteiger partial charge on any atom is -0.467 e. The molecule has 0 aliphatic heterocycles. The highest BCUT2D eigenvalue weighted by molar-refractivity contribution is 5.97. The van der Waals surface area contributed by atoms with Crippen LogP contribution in [0.1, 0.15) is 27.9 Å². The molecule has 0 aliphatic carbocycles. The molecular formula is C21H19N3O7. The summed E-state index contributed by atoms with van der Waals surface area (Å²) in [5.41, 5.74) is 0.448. The van der Waals surface area contributed by atoms with Gasteiger partial charge in [0.1, 0.15) is 5.76 Å². The maximum Gasteiger partial charge on any atom is 0.333 e. The Morgan fingerprint density at radius 2 is 1.65 bits per heavy atom. The predicted octanol–water partition coefficient (Wildman–Crippen LogP) is 1.91. The average molecular weight is 425 g/mol. The van der Waals surface area contributed by atoms with E-state index in [1.807, 2.05) is 5.32 Å². The SMILES string of the molecule is O=C(COC(=O)C(NC(=O)c1ccco1)c1ccccc1)NC(=O)NCc1ccco1. The second kappa shape index (κ2) is 10.4. The number of hydrogen-bond donors (Lipinski definition) is 3. The largest absolute Gasteiger partial charge is 0.467 e. The molecule has 10 nitrogen and oxygen atoms in total. The third kappa shape index (κ3) is 6.32. The Kier molecular flexibility index (Phi) is 7.20. The number of nitrogens with one attached hydrogen (secondary N) is 3. The van der Waals surface area contributed by atoms with Crippen LogP contribution < -0.4 is 16.0 Å². The quantitative estimate of drug-likeness (QED) is 0.468. The van der Waals surface area contributed by atoms with E-state index in [9.17, 15) is 19.2 Å². The van der Waals surface area contributed by atoms with Crippen LogP contribution >= 0.6 is 0 Å². The molecule has 4 amide bonds. The van der Waals surface area contributed by atoms with E-state index < -0.39 is 36.5 Å². The summed E-state index contributed by atoms with van der Waals surface area (Å²) in [6.07, 6.45) is 2.78. The molecule has 0 fully saturated rings. The monoisotopic (exact) mass is 425 g/mol. The Balaban J connectivity index is 1.53. The number of urea groups is 1. The van der Waals surface area contributed by atoms with E-state index in [2.05, 4.69) is 10.6 Å². The molecule has 2 heterocycles. The molecule has 0 aliphatic rings. The highest BCUT2D eigenvalue weighted by Crippen LogP contribution is 2.15. The second-order valence-electron chi connectivity index (χ2n) is 6.21. The first-order valence-corrected chi connectivity index (χ1v) is 9.19. The summed E-state index contributed by atoms with van der Waals surface area (Å²) in [5, 5.41) is 6.96. The third-order valence-electron chi connectivity index (χ3n) is 3.99. The molecule has 160 valence electrons. The molecule has 3 rings (SSSR count). The standard InChI is InChI=1S/C21H19N3O7/c25-17(23-21(28)22-12-15-8-4-10-29-15)13-31-20(27)18(14-6-2-1-3-7-14)24-19(26)16-9-5-11-30-16/h1-11,18H,12-13H2,(H,24,26)(H2,22,23,25,28). The third-order valence-corrected chi connectivity index (χ3v) is 3.99. The molecule has 1 unspecified atom stereocenters. The van der Waals surface area contributed by atoms with E-state index in [1.54, 1.807) is 42.5 Å². The maximum atomic E-state index is 12.6. The second-order valence-corrected chi connectivity index (χ2v) is 6.21. The van der Waals surface area contributed by atoms with Gasteiger partial charge in [-0.2, -0.15) is 0 Å². The smallest absolute Gasteiger partial charge is 0.333 e. The van der Waals surface area contributed by atoms with Crippen LogP contribution in [0.5, 0.6) is 0 Å². The van der Waals surface area contributed by atoms with Gasteiger partial charge in [-0.25, -0.2) is 9.59 Å². The molecule has 3 N–H and O–H groups in total. The van der Waals surface area contributed by atoms with Crippen LogP contribution in [0.2, 0.25) is 0 Å². The molecule has 10 heteroatoms. The summed E-state index contributed by atoms with van der Waals surface area (Å²) in [6.45, 7) is -0.631. The van der Waals surface area contributed by atoms with Crippen molar-refractivity contribution in [3.05, 3.63) is 84.2 Å². The molecule has 1 aromatic carbocycles. The van der Waals surface area contributed by atoms with Gasteiger partial charge in [0.05, 0.1) is 19.1 Å². The number of benzene rings is 1. The van der Waals surface area contributed by atoms with Gasteiger partial charge in [0, 0.05) is 0 Å². The van der Waals surface area contributed by atoms with Crippen LogP contribution in [0.25, 0.3) is 0 Å². The van der Waals surface area contributed by atoms with E-state index in [0.717, 1.165) is 0 Å². The van der Waals surface area contributed by atoms with Crippen LogP contribution in [-0.4, -0.2) is 30.4 Å². The Bertz CT molecular complexity index is 1010. The van der Waals surface area contributed by atoms with Gasteiger partial charge in [-0.3, -0.25) is 14.9 Å². The van der Waals surface area contributed by atoms with Crippen LogP contribution in [0.3, 0.4) is 0 Å². The van der Waals surface area contributed by atoms with Gasteiger partial charge in [0.2, 0.25) is 0 Å². The maximum absolute atomic E-state index is 12.6. The Morgan fingerprint density at radius 1 is 0.903 bits per heavy atom. The number of carbonyl (C=O) groups excluding carboxylic acids is 4. The summed E-state index contributed by atoms with van der Waals surface area (Å²) in [4.78, 5) is 48.5. The first kappa shape index (κ1) is 21.4. The van der Waals surface area contributed by atoms with E-state index in [0.29, 0.717) is 11.3 Å². The summed E-state index contributed by atoms with van der Waals surface area (Å²) >= 11 is 0. The van der Waals surface area contributed by atoms with E-state index >= 15 is 0 Å². The van der Waals surface area contributed by atoms with Crippen LogP contribution in [-0.2, 0) is 20.9 Å². The molecule has 0 saturated carbocycles. The van der Waals surface area contributed by atoms with Crippen molar-refractivity contribution in [2.75, 3.05) is 6.61 Å². The van der Waals surface area contributed by atoms with Crippen molar-refractivity contribution in [3.8, 4) is 0 Å². The number of rotatable bonds is 8. The normalized spacial score (nSPS) is 11.2. The highest BCUT2D eigenvalue weighted by Gasteiger charge is 2.26. The number of amides is 4. The fourth-order valence-electron chi connectivity index (χ4n) is 2.54. The highest BCUT2D eigenvalue weighted by atomic mass is 16.5. The summed E-state index contributed by atoms with van der Waals surface area (Å²) < 4.78 is 15.1. The number of carbonyl (C=O) groups is 4. The van der Waals surface area contributed by atoms with Gasteiger partial charge in [0.25, 0.3) is 11.8 Å². The summed E-state index contributed by atoms with van der Waals surface area (Å²) in [6, 6.07) is 12.7. The van der Waals surface area contributed by atoms with Crippen molar-refractivity contribution < 1.29 is 32.7 Å². The van der Waals surface area contributed by atoms with Crippen molar-refractivity contribution in [2.24, 2.45) is 0 Å².